The summed E-state index contributed by atoms with van der Waals surface area (Å²) in [6, 6.07) is 11.4. The Labute approximate surface area is 168 Å². The standard InChI is InChI=1S/C21H23N3O5/c1-13(2)19(21(26)24-22-11-14-4-7-16(27-3)8-5-14)23-20(25)15-6-9-17-18(10-15)29-12-28-17/h4-11,13,19H,12H2,1-3H3,(H,23,25)(H,24,26). The molecule has 2 aromatic carbocycles. The number of fused-ring (bicyclic) bond motifs is 1. The minimum Gasteiger partial charge on any atom is -0.497 e. The molecular weight excluding hydrogens is 374 g/mol. The fourth-order valence-corrected chi connectivity index (χ4v) is 2.73. The smallest absolute Gasteiger partial charge is 0.262 e. The van der Waals surface area contributed by atoms with E-state index >= 15 is 0 Å². The highest BCUT2D eigenvalue weighted by molar-refractivity contribution is 5.98. The molecule has 8 nitrogen and oxygen atoms in total. The summed E-state index contributed by atoms with van der Waals surface area (Å²) >= 11 is 0. The summed E-state index contributed by atoms with van der Waals surface area (Å²) in [6.07, 6.45) is 1.52. The number of carbonyl (C=O) groups is 2. The van der Waals surface area contributed by atoms with Crippen LogP contribution < -0.4 is 25.0 Å². The highest BCUT2D eigenvalue weighted by atomic mass is 16.7. The third-order valence-corrected chi connectivity index (χ3v) is 4.37. The minimum absolute atomic E-state index is 0.129. The quantitative estimate of drug-likeness (QED) is 0.552. The summed E-state index contributed by atoms with van der Waals surface area (Å²) in [5.41, 5.74) is 3.67. The number of hydrogen-bond acceptors (Lipinski definition) is 6. The molecule has 3 rings (SSSR count). The first-order valence-electron chi connectivity index (χ1n) is 9.15. The fraction of sp³-hybridized carbons (Fsp3) is 0.286. The van der Waals surface area contributed by atoms with E-state index in [1.807, 2.05) is 26.0 Å². The normalized spacial score (nSPS) is 13.4. The molecule has 1 aliphatic rings. The Hall–Kier alpha value is -3.55. The van der Waals surface area contributed by atoms with Crippen molar-refractivity contribution in [2.75, 3.05) is 13.9 Å². The van der Waals surface area contributed by atoms with Crippen LogP contribution in [0.2, 0.25) is 0 Å². The number of ether oxygens (including phenoxy) is 3. The average Bonchev–Trinajstić information content (AvgIpc) is 3.19. The van der Waals surface area contributed by atoms with Crippen molar-refractivity contribution in [3.63, 3.8) is 0 Å². The Bertz CT molecular complexity index is 909. The second kappa shape index (κ2) is 9.09. The van der Waals surface area contributed by atoms with Gasteiger partial charge in [-0.25, -0.2) is 5.43 Å². The maximum Gasteiger partial charge on any atom is 0.262 e. The second-order valence-electron chi connectivity index (χ2n) is 6.77. The molecule has 0 spiro atoms. The van der Waals surface area contributed by atoms with E-state index in [1.165, 1.54) is 6.21 Å². The topological polar surface area (TPSA) is 98.2 Å². The third kappa shape index (κ3) is 5.04. The van der Waals surface area contributed by atoms with Gasteiger partial charge in [0, 0.05) is 5.56 Å². The van der Waals surface area contributed by atoms with Gasteiger partial charge in [-0.2, -0.15) is 5.10 Å². The number of benzene rings is 2. The van der Waals surface area contributed by atoms with Crippen molar-refractivity contribution < 1.29 is 23.8 Å². The molecule has 8 heteroatoms. The van der Waals surface area contributed by atoms with Crippen molar-refractivity contribution in [1.29, 1.82) is 0 Å². The van der Waals surface area contributed by atoms with Crippen molar-refractivity contribution in [3.8, 4) is 17.2 Å². The Kier molecular flexibility index (Phi) is 6.33. The van der Waals surface area contributed by atoms with Crippen LogP contribution in [0.4, 0.5) is 0 Å². The molecule has 2 N–H and O–H groups in total. The van der Waals surface area contributed by atoms with Crippen LogP contribution in [0.5, 0.6) is 17.2 Å². The van der Waals surface area contributed by atoms with Crippen molar-refractivity contribution in [2.45, 2.75) is 19.9 Å². The highest BCUT2D eigenvalue weighted by Gasteiger charge is 2.25. The lowest BCUT2D eigenvalue weighted by Gasteiger charge is -2.20. The fourth-order valence-electron chi connectivity index (χ4n) is 2.73. The Morgan fingerprint density at radius 2 is 1.83 bits per heavy atom. The summed E-state index contributed by atoms with van der Waals surface area (Å²) < 4.78 is 15.6. The van der Waals surface area contributed by atoms with Crippen LogP contribution in [0.3, 0.4) is 0 Å². The predicted octanol–water partition coefficient (Wildman–Crippen LogP) is 2.33. The number of nitrogens with zero attached hydrogens (tertiary/aromatic N) is 1. The van der Waals surface area contributed by atoms with Crippen molar-refractivity contribution in [3.05, 3.63) is 53.6 Å². The van der Waals surface area contributed by atoms with E-state index in [0.717, 1.165) is 11.3 Å². The molecule has 29 heavy (non-hydrogen) atoms. The number of amides is 2. The molecule has 0 radical (unpaired) electrons. The van der Waals surface area contributed by atoms with Crippen LogP contribution in [0.1, 0.15) is 29.8 Å². The van der Waals surface area contributed by atoms with Crippen LogP contribution >= 0.6 is 0 Å². The Morgan fingerprint density at radius 1 is 1.10 bits per heavy atom. The number of rotatable bonds is 7. The summed E-state index contributed by atoms with van der Waals surface area (Å²) in [4.78, 5) is 25.1. The first-order chi connectivity index (χ1) is 14.0. The zero-order chi connectivity index (χ0) is 20.8. The van der Waals surface area contributed by atoms with E-state index in [-0.39, 0.29) is 18.6 Å². The van der Waals surface area contributed by atoms with Gasteiger partial charge in [-0.05, 0) is 53.9 Å². The van der Waals surface area contributed by atoms with Crippen LogP contribution in [0.15, 0.2) is 47.6 Å². The van der Waals surface area contributed by atoms with Crippen molar-refractivity contribution >= 4 is 18.0 Å². The van der Waals surface area contributed by atoms with E-state index in [9.17, 15) is 9.59 Å². The van der Waals surface area contributed by atoms with Crippen LogP contribution in [-0.4, -0.2) is 38.0 Å². The van der Waals surface area contributed by atoms with Gasteiger partial charge in [-0.3, -0.25) is 9.59 Å². The first-order valence-corrected chi connectivity index (χ1v) is 9.15. The number of hydrazone groups is 1. The maximum atomic E-state index is 12.6. The van der Waals surface area contributed by atoms with Crippen LogP contribution in [0, 0.1) is 5.92 Å². The van der Waals surface area contributed by atoms with Crippen LogP contribution in [0.25, 0.3) is 0 Å². The zero-order valence-corrected chi connectivity index (χ0v) is 16.5. The summed E-state index contributed by atoms with van der Waals surface area (Å²) in [5, 5.41) is 6.72. The van der Waals surface area contributed by atoms with Gasteiger partial charge in [0.25, 0.3) is 11.8 Å². The molecule has 0 aliphatic carbocycles. The number of nitrogens with one attached hydrogen (secondary N) is 2. The SMILES string of the molecule is COc1ccc(C=NNC(=O)C(NC(=O)c2ccc3c(c2)OCO3)C(C)C)cc1. The lowest BCUT2D eigenvalue weighted by atomic mass is 10.0. The lowest BCUT2D eigenvalue weighted by molar-refractivity contribution is -0.123. The molecule has 152 valence electrons. The van der Waals surface area contributed by atoms with Gasteiger partial charge in [-0.1, -0.05) is 13.8 Å². The molecule has 0 fully saturated rings. The second-order valence-corrected chi connectivity index (χ2v) is 6.77. The third-order valence-electron chi connectivity index (χ3n) is 4.37. The Morgan fingerprint density at radius 3 is 2.52 bits per heavy atom. The van der Waals surface area contributed by atoms with E-state index in [1.54, 1.807) is 37.4 Å². The molecule has 1 unspecified atom stereocenters. The molecule has 0 saturated heterocycles. The molecule has 0 aromatic heterocycles. The highest BCUT2D eigenvalue weighted by Crippen LogP contribution is 2.32. The lowest BCUT2D eigenvalue weighted by Crippen LogP contribution is -2.48. The van der Waals surface area contributed by atoms with Gasteiger partial charge in [0.05, 0.1) is 13.3 Å². The van der Waals surface area contributed by atoms with E-state index < -0.39 is 11.9 Å². The molecule has 1 atom stereocenters. The van der Waals surface area contributed by atoms with Crippen molar-refractivity contribution in [2.24, 2.45) is 11.0 Å². The molecule has 0 bridgehead atoms. The first kappa shape index (κ1) is 20.2. The largest absolute Gasteiger partial charge is 0.497 e. The molecule has 0 saturated carbocycles. The molecule has 1 heterocycles. The Balaban J connectivity index is 1.61. The monoisotopic (exact) mass is 397 g/mol. The van der Waals surface area contributed by atoms with E-state index in [2.05, 4.69) is 15.8 Å². The molecule has 2 aromatic rings. The molecule has 2 amide bonds. The maximum absolute atomic E-state index is 12.6. The summed E-state index contributed by atoms with van der Waals surface area (Å²) in [7, 11) is 1.59. The predicted molar refractivity (Wildman–Crippen MR) is 107 cm³/mol. The number of methoxy groups -OCH3 is 1. The van der Waals surface area contributed by atoms with E-state index in [0.29, 0.717) is 17.1 Å². The number of hydrogen-bond donors (Lipinski definition) is 2. The van der Waals surface area contributed by atoms with Crippen molar-refractivity contribution in [1.82, 2.24) is 10.7 Å². The van der Waals surface area contributed by atoms with Gasteiger partial charge < -0.3 is 19.5 Å². The van der Waals surface area contributed by atoms with E-state index in [4.69, 9.17) is 14.2 Å². The average molecular weight is 397 g/mol. The minimum atomic E-state index is -0.749. The van der Waals surface area contributed by atoms with Gasteiger partial charge in [-0.15, -0.1) is 0 Å². The van der Waals surface area contributed by atoms with Gasteiger partial charge in [0.15, 0.2) is 11.5 Å². The number of carbonyl (C=O) groups excluding carboxylic acids is 2. The molecular formula is C21H23N3O5. The summed E-state index contributed by atoms with van der Waals surface area (Å²) in [6.45, 7) is 3.82. The van der Waals surface area contributed by atoms with Gasteiger partial charge in [0.2, 0.25) is 6.79 Å². The zero-order valence-electron chi connectivity index (χ0n) is 16.5. The van der Waals surface area contributed by atoms with Gasteiger partial charge >= 0.3 is 0 Å². The summed E-state index contributed by atoms with van der Waals surface area (Å²) in [5.74, 6) is 0.913. The van der Waals surface area contributed by atoms with Gasteiger partial charge in [0.1, 0.15) is 11.8 Å². The van der Waals surface area contributed by atoms with Crippen LogP contribution in [-0.2, 0) is 4.79 Å². The molecule has 1 aliphatic heterocycles.